The molecule has 1 amide bonds. The molecule has 19 heavy (non-hydrogen) atoms. The van der Waals surface area contributed by atoms with Gasteiger partial charge in [-0.15, -0.1) is 0 Å². The second-order valence-corrected chi connectivity index (χ2v) is 4.73. The van der Waals surface area contributed by atoms with E-state index < -0.39 is 5.63 Å². The van der Waals surface area contributed by atoms with E-state index in [1.54, 1.807) is 19.1 Å². The number of hydrogen-bond donors (Lipinski definition) is 1. The Morgan fingerprint density at radius 1 is 1.37 bits per heavy atom. The maximum atomic E-state index is 11.5. The third-order valence-corrected chi connectivity index (χ3v) is 3.31. The molecule has 0 bridgehead atoms. The second-order valence-electron chi connectivity index (χ2n) is 4.32. The molecule has 0 saturated heterocycles. The van der Waals surface area contributed by atoms with E-state index in [1.807, 2.05) is 6.92 Å². The number of nitrogens with one attached hydrogen (secondary N) is 1. The molecule has 1 aromatic heterocycles. The lowest BCUT2D eigenvalue weighted by Gasteiger charge is -2.08. The summed E-state index contributed by atoms with van der Waals surface area (Å²) in [6.45, 7) is 3.90. The topological polar surface area (TPSA) is 59.3 Å². The van der Waals surface area contributed by atoms with Crippen molar-refractivity contribution < 1.29 is 9.21 Å². The van der Waals surface area contributed by atoms with Gasteiger partial charge < -0.3 is 9.73 Å². The van der Waals surface area contributed by atoms with Crippen LogP contribution >= 0.6 is 11.6 Å². The molecule has 0 aliphatic heterocycles. The quantitative estimate of drug-likeness (QED) is 0.879. The van der Waals surface area contributed by atoms with Gasteiger partial charge in [0.05, 0.1) is 0 Å². The maximum absolute atomic E-state index is 11.5. The van der Waals surface area contributed by atoms with Gasteiger partial charge in [0.2, 0.25) is 5.91 Å². The number of halogens is 1. The van der Waals surface area contributed by atoms with E-state index in [9.17, 15) is 9.59 Å². The molecule has 0 aliphatic carbocycles. The first-order valence-corrected chi connectivity index (χ1v) is 6.38. The molecule has 0 unspecified atom stereocenters. The van der Waals surface area contributed by atoms with Gasteiger partial charge in [-0.2, -0.15) is 0 Å². The van der Waals surface area contributed by atoms with Crippen LogP contribution in [0.15, 0.2) is 27.4 Å². The summed E-state index contributed by atoms with van der Waals surface area (Å²) in [7, 11) is 0. The molecule has 0 spiro atoms. The van der Waals surface area contributed by atoms with E-state index in [4.69, 9.17) is 16.0 Å². The highest BCUT2D eigenvalue weighted by atomic mass is 35.5. The second kappa shape index (κ2) is 5.45. The first-order valence-electron chi connectivity index (χ1n) is 6.01. The highest BCUT2D eigenvalue weighted by molar-refractivity contribution is 6.32. The van der Waals surface area contributed by atoms with Crippen molar-refractivity contribution in [2.24, 2.45) is 0 Å². The normalized spacial score (nSPS) is 10.7. The van der Waals surface area contributed by atoms with Crippen molar-refractivity contribution in [1.82, 2.24) is 5.32 Å². The number of carbonyl (C=O) groups is 1. The third kappa shape index (κ3) is 2.96. The first-order chi connectivity index (χ1) is 9.01. The van der Waals surface area contributed by atoms with Gasteiger partial charge in [-0.1, -0.05) is 18.5 Å². The average molecular weight is 280 g/mol. The summed E-state index contributed by atoms with van der Waals surface area (Å²) in [5.74, 6) is -0.0698. The SMILES string of the molecule is CCC(=O)NCc1cc(=O)oc2cc(C)c(Cl)cc12. The number of benzene rings is 1. The Kier molecular flexibility index (Phi) is 3.90. The Bertz CT molecular complexity index is 691. The zero-order chi connectivity index (χ0) is 14.0. The molecule has 0 atom stereocenters. The van der Waals surface area contributed by atoms with E-state index in [2.05, 4.69) is 5.32 Å². The predicted molar refractivity (Wildman–Crippen MR) is 74.4 cm³/mol. The Labute approximate surface area is 115 Å². The van der Waals surface area contributed by atoms with Crippen LogP contribution in [0.2, 0.25) is 5.02 Å². The fourth-order valence-corrected chi connectivity index (χ4v) is 1.98. The monoisotopic (exact) mass is 279 g/mol. The van der Waals surface area contributed by atoms with Crippen molar-refractivity contribution in [3.05, 3.63) is 44.8 Å². The van der Waals surface area contributed by atoms with Gasteiger partial charge in [-0.25, -0.2) is 4.79 Å². The molecule has 2 rings (SSSR count). The first kappa shape index (κ1) is 13.6. The van der Waals surface area contributed by atoms with Crippen molar-refractivity contribution in [2.75, 3.05) is 0 Å². The molecular weight excluding hydrogens is 266 g/mol. The molecule has 1 aromatic carbocycles. The fourth-order valence-electron chi connectivity index (χ4n) is 1.81. The number of hydrogen-bond acceptors (Lipinski definition) is 3. The van der Waals surface area contributed by atoms with Gasteiger partial charge in [0.25, 0.3) is 0 Å². The van der Waals surface area contributed by atoms with Crippen molar-refractivity contribution in [3.63, 3.8) is 0 Å². The van der Waals surface area contributed by atoms with E-state index in [0.717, 1.165) is 10.9 Å². The van der Waals surface area contributed by atoms with Gasteiger partial charge in [-0.3, -0.25) is 4.79 Å². The van der Waals surface area contributed by atoms with Crippen LogP contribution in [0, 0.1) is 6.92 Å². The van der Waals surface area contributed by atoms with Crippen LogP contribution in [0.3, 0.4) is 0 Å². The molecule has 100 valence electrons. The summed E-state index contributed by atoms with van der Waals surface area (Å²) >= 11 is 6.08. The zero-order valence-corrected chi connectivity index (χ0v) is 11.5. The minimum Gasteiger partial charge on any atom is -0.423 e. The molecule has 0 radical (unpaired) electrons. The lowest BCUT2D eigenvalue weighted by atomic mass is 10.1. The minimum absolute atomic E-state index is 0.0698. The van der Waals surface area contributed by atoms with E-state index in [-0.39, 0.29) is 12.5 Å². The summed E-state index contributed by atoms with van der Waals surface area (Å²) in [4.78, 5) is 22.8. The van der Waals surface area contributed by atoms with Gasteiger partial charge in [-0.05, 0) is 30.2 Å². The minimum atomic E-state index is -0.435. The Balaban J connectivity index is 2.50. The van der Waals surface area contributed by atoms with Gasteiger partial charge >= 0.3 is 5.63 Å². The summed E-state index contributed by atoms with van der Waals surface area (Å²) in [6, 6.07) is 4.86. The van der Waals surface area contributed by atoms with Crippen LogP contribution in [-0.4, -0.2) is 5.91 Å². The molecule has 0 saturated carbocycles. The van der Waals surface area contributed by atoms with Gasteiger partial charge in [0, 0.05) is 29.4 Å². The van der Waals surface area contributed by atoms with Crippen molar-refractivity contribution in [3.8, 4) is 0 Å². The molecule has 5 heteroatoms. The molecule has 4 nitrogen and oxygen atoms in total. The van der Waals surface area contributed by atoms with E-state index in [1.165, 1.54) is 6.07 Å². The van der Waals surface area contributed by atoms with Crippen LogP contribution in [0.5, 0.6) is 0 Å². The molecule has 0 fully saturated rings. The molecular formula is C14H14ClNO3. The molecule has 1 heterocycles. The Hall–Kier alpha value is -1.81. The van der Waals surface area contributed by atoms with Crippen molar-refractivity contribution in [2.45, 2.75) is 26.8 Å². The predicted octanol–water partition coefficient (Wildman–Crippen LogP) is 2.78. The maximum Gasteiger partial charge on any atom is 0.336 e. The zero-order valence-electron chi connectivity index (χ0n) is 10.7. The van der Waals surface area contributed by atoms with E-state index >= 15 is 0 Å². The van der Waals surface area contributed by atoms with Gasteiger partial charge in [0.1, 0.15) is 5.58 Å². The Morgan fingerprint density at radius 3 is 2.79 bits per heavy atom. The number of amides is 1. The number of aryl methyl sites for hydroxylation is 1. The highest BCUT2D eigenvalue weighted by Crippen LogP contribution is 2.25. The number of fused-ring (bicyclic) bond motifs is 1. The van der Waals surface area contributed by atoms with Gasteiger partial charge in [0.15, 0.2) is 0 Å². The van der Waals surface area contributed by atoms with E-state index in [0.29, 0.717) is 22.6 Å². The lowest BCUT2D eigenvalue weighted by Crippen LogP contribution is -2.22. The van der Waals surface area contributed by atoms with Crippen LogP contribution in [-0.2, 0) is 11.3 Å². The van der Waals surface area contributed by atoms with Crippen LogP contribution in [0.4, 0.5) is 0 Å². The molecule has 0 aliphatic rings. The third-order valence-electron chi connectivity index (χ3n) is 2.91. The summed E-state index contributed by atoms with van der Waals surface area (Å²) in [5.41, 5.74) is 1.59. The molecule has 1 N–H and O–H groups in total. The Morgan fingerprint density at radius 2 is 2.11 bits per heavy atom. The number of carbonyl (C=O) groups excluding carboxylic acids is 1. The summed E-state index contributed by atoms with van der Waals surface area (Å²) in [6.07, 6.45) is 0.402. The fraction of sp³-hybridized carbons (Fsp3) is 0.286. The summed E-state index contributed by atoms with van der Waals surface area (Å²) < 4.78 is 5.14. The number of rotatable bonds is 3. The largest absolute Gasteiger partial charge is 0.423 e. The average Bonchev–Trinajstić information content (AvgIpc) is 2.37. The molecule has 2 aromatic rings. The smallest absolute Gasteiger partial charge is 0.336 e. The van der Waals surface area contributed by atoms with Crippen molar-refractivity contribution >= 4 is 28.5 Å². The summed E-state index contributed by atoms with van der Waals surface area (Å²) in [5, 5.41) is 4.08. The van der Waals surface area contributed by atoms with Crippen molar-refractivity contribution in [1.29, 1.82) is 0 Å². The van der Waals surface area contributed by atoms with Crippen LogP contribution in [0.1, 0.15) is 24.5 Å². The van der Waals surface area contributed by atoms with Crippen LogP contribution in [0.25, 0.3) is 11.0 Å². The van der Waals surface area contributed by atoms with Crippen LogP contribution < -0.4 is 10.9 Å². The standard InChI is InChI=1S/C14H14ClNO3/c1-3-13(17)16-7-9-5-14(18)19-12-4-8(2)11(15)6-10(9)12/h4-6H,3,7H2,1-2H3,(H,16,17). The lowest BCUT2D eigenvalue weighted by molar-refractivity contribution is -0.120. The highest BCUT2D eigenvalue weighted by Gasteiger charge is 2.09.